The van der Waals surface area contributed by atoms with Crippen LogP contribution in [0.5, 0.6) is 0 Å². The van der Waals surface area contributed by atoms with Gasteiger partial charge in [0.2, 0.25) is 0 Å². The lowest BCUT2D eigenvalue weighted by Gasteiger charge is -2.36. The molecule has 5 rings (SSSR count). The van der Waals surface area contributed by atoms with Crippen molar-refractivity contribution in [2.75, 3.05) is 38.1 Å². The quantitative estimate of drug-likeness (QED) is 0.498. The summed E-state index contributed by atoms with van der Waals surface area (Å²) in [6, 6.07) is 8.55. The van der Waals surface area contributed by atoms with Crippen LogP contribution in [0, 0.1) is 12.7 Å². The van der Waals surface area contributed by atoms with Gasteiger partial charge in [-0.2, -0.15) is 0 Å². The van der Waals surface area contributed by atoms with Gasteiger partial charge in [0, 0.05) is 39.8 Å². The fraction of sp³-hybridized carbons (Fsp3) is 0.292. The van der Waals surface area contributed by atoms with E-state index in [0.717, 1.165) is 43.1 Å². The monoisotopic (exact) mass is 449 g/mol. The van der Waals surface area contributed by atoms with Crippen LogP contribution in [0.1, 0.15) is 21.7 Å². The number of carbonyl (C=O) groups excluding carboxylic acids is 1. The molecule has 1 saturated heterocycles. The van der Waals surface area contributed by atoms with E-state index >= 15 is 0 Å². The van der Waals surface area contributed by atoms with Crippen LogP contribution in [0.4, 0.5) is 10.1 Å². The van der Waals surface area contributed by atoms with Crippen molar-refractivity contribution in [2.24, 2.45) is 0 Å². The molecule has 1 fully saturated rings. The number of aryl methyl sites for hydroxylation is 1. The third kappa shape index (κ3) is 3.84. The number of pyridine rings is 2. The Balaban J connectivity index is 1.31. The number of furan rings is 1. The number of nitrogens with one attached hydrogen (secondary N) is 2. The lowest BCUT2D eigenvalue weighted by Crippen LogP contribution is -2.46. The fourth-order valence-electron chi connectivity index (χ4n) is 4.50. The second-order valence-corrected chi connectivity index (χ2v) is 8.26. The second kappa shape index (κ2) is 8.32. The molecule has 0 spiro atoms. The van der Waals surface area contributed by atoms with Crippen molar-refractivity contribution in [1.29, 1.82) is 0 Å². The van der Waals surface area contributed by atoms with Crippen molar-refractivity contribution in [2.45, 2.75) is 13.5 Å². The second-order valence-electron chi connectivity index (χ2n) is 8.26. The highest BCUT2D eigenvalue weighted by Crippen LogP contribution is 2.27. The van der Waals surface area contributed by atoms with E-state index in [2.05, 4.69) is 25.1 Å². The zero-order valence-electron chi connectivity index (χ0n) is 18.4. The number of anilines is 1. The van der Waals surface area contributed by atoms with Gasteiger partial charge in [0.15, 0.2) is 5.58 Å². The average molecular weight is 449 g/mol. The predicted octanol–water partition coefficient (Wildman–Crippen LogP) is 2.80. The number of amides is 1. The maximum atomic E-state index is 14.9. The number of nitrogens with zero attached hydrogens (tertiary/aromatic N) is 3. The summed E-state index contributed by atoms with van der Waals surface area (Å²) in [5, 5.41) is 3.23. The minimum atomic E-state index is -0.407. The first-order valence-corrected chi connectivity index (χ1v) is 10.8. The average Bonchev–Trinajstić information content (AvgIpc) is 3.29. The van der Waals surface area contributed by atoms with Gasteiger partial charge in [-0.25, -0.2) is 9.37 Å². The SMILES string of the molecule is CNC(=O)c1ccc(N2CCN(Cc3cc(F)c4c(c3)[nH]c(=O)c3ccoc34)CC2)c(C)n1. The molecule has 0 saturated carbocycles. The number of aromatic nitrogens is 2. The number of aromatic amines is 1. The molecule has 2 N–H and O–H groups in total. The van der Waals surface area contributed by atoms with Crippen LogP contribution in [0.15, 0.2) is 45.8 Å². The number of fused-ring (bicyclic) bond motifs is 3. The zero-order valence-corrected chi connectivity index (χ0v) is 18.4. The topological polar surface area (TPSA) is 94.5 Å². The molecule has 1 aliphatic heterocycles. The number of halogens is 1. The van der Waals surface area contributed by atoms with E-state index in [1.807, 2.05) is 19.1 Å². The van der Waals surface area contributed by atoms with E-state index in [1.54, 1.807) is 19.2 Å². The molecule has 0 atom stereocenters. The van der Waals surface area contributed by atoms with Crippen LogP contribution < -0.4 is 15.8 Å². The molecule has 170 valence electrons. The summed E-state index contributed by atoms with van der Waals surface area (Å²) in [4.78, 5) is 35.8. The van der Waals surface area contributed by atoms with Gasteiger partial charge in [-0.1, -0.05) is 0 Å². The largest absolute Gasteiger partial charge is 0.463 e. The lowest BCUT2D eigenvalue weighted by atomic mass is 10.1. The maximum Gasteiger partial charge on any atom is 0.269 e. The molecule has 33 heavy (non-hydrogen) atoms. The van der Waals surface area contributed by atoms with Crippen molar-refractivity contribution in [3.63, 3.8) is 0 Å². The zero-order chi connectivity index (χ0) is 23.1. The first kappa shape index (κ1) is 21.1. The summed E-state index contributed by atoms with van der Waals surface area (Å²) in [7, 11) is 1.59. The minimum absolute atomic E-state index is 0.203. The van der Waals surface area contributed by atoms with E-state index in [9.17, 15) is 14.0 Å². The molecule has 0 unspecified atom stereocenters. The molecule has 8 nitrogen and oxygen atoms in total. The Morgan fingerprint density at radius 2 is 2.00 bits per heavy atom. The van der Waals surface area contributed by atoms with Gasteiger partial charge in [0.25, 0.3) is 11.5 Å². The molecule has 0 bridgehead atoms. The van der Waals surface area contributed by atoms with Crippen molar-refractivity contribution >= 4 is 33.5 Å². The van der Waals surface area contributed by atoms with E-state index in [0.29, 0.717) is 28.5 Å². The first-order chi connectivity index (χ1) is 15.9. The van der Waals surface area contributed by atoms with E-state index < -0.39 is 5.82 Å². The van der Waals surface area contributed by atoms with Gasteiger partial charge in [-0.05, 0) is 42.8 Å². The summed E-state index contributed by atoms with van der Waals surface area (Å²) in [6.45, 7) is 5.66. The Hall–Kier alpha value is -3.72. The molecule has 1 amide bonds. The van der Waals surface area contributed by atoms with Crippen molar-refractivity contribution in [3.05, 3.63) is 69.7 Å². The molecule has 1 aliphatic rings. The smallest absolute Gasteiger partial charge is 0.269 e. The summed E-state index contributed by atoms with van der Waals surface area (Å²) >= 11 is 0. The highest BCUT2D eigenvalue weighted by Gasteiger charge is 2.21. The number of benzene rings is 1. The van der Waals surface area contributed by atoms with Gasteiger partial charge < -0.3 is 19.6 Å². The molecule has 0 aliphatic carbocycles. The van der Waals surface area contributed by atoms with Crippen LogP contribution in [-0.2, 0) is 6.54 Å². The van der Waals surface area contributed by atoms with Crippen LogP contribution >= 0.6 is 0 Å². The molecule has 1 aromatic carbocycles. The highest BCUT2D eigenvalue weighted by molar-refractivity contribution is 6.02. The Morgan fingerprint density at radius 3 is 2.73 bits per heavy atom. The van der Waals surface area contributed by atoms with Crippen LogP contribution in [-0.4, -0.2) is 54.0 Å². The standard InChI is InChI=1S/C24H24FN5O3/c1-14-20(4-3-18(27-14)24(32)26-2)30-8-6-29(7-9-30)13-15-11-17(25)21-19(12-15)28-23(31)16-5-10-33-22(16)21/h3-5,10-12H,6-9,13H2,1-2H3,(H,26,32)(H,28,31). The summed E-state index contributed by atoms with van der Waals surface area (Å²) in [6.07, 6.45) is 1.40. The van der Waals surface area contributed by atoms with E-state index in [-0.39, 0.29) is 17.0 Å². The van der Waals surface area contributed by atoms with Crippen molar-refractivity contribution in [1.82, 2.24) is 20.2 Å². The van der Waals surface area contributed by atoms with Crippen LogP contribution in [0.25, 0.3) is 21.9 Å². The fourth-order valence-corrected chi connectivity index (χ4v) is 4.50. The van der Waals surface area contributed by atoms with Gasteiger partial charge in [-0.3, -0.25) is 14.5 Å². The van der Waals surface area contributed by atoms with Gasteiger partial charge >= 0.3 is 0 Å². The number of hydrogen-bond acceptors (Lipinski definition) is 6. The molecule has 4 heterocycles. The van der Waals surface area contributed by atoms with Gasteiger partial charge in [0.05, 0.1) is 33.9 Å². The Morgan fingerprint density at radius 1 is 1.21 bits per heavy atom. The summed E-state index contributed by atoms with van der Waals surface area (Å²) in [5.74, 6) is -0.610. The van der Waals surface area contributed by atoms with E-state index in [4.69, 9.17) is 4.42 Å². The van der Waals surface area contributed by atoms with Gasteiger partial charge in [-0.15, -0.1) is 0 Å². The third-order valence-electron chi connectivity index (χ3n) is 6.17. The highest BCUT2D eigenvalue weighted by atomic mass is 19.1. The molecular formula is C24H24FN5O3. The number of hydrogen-bond donors (Lipinski definition) is 2. The molecular weight excluding hydrogens is 425 g/mol. The number of piperazine rings is 1. The Labute approximate surface area is 189 Å². The normalized spacial score (nSPS) is 14.8. The number of H-pyrrole nitrogens is 1. The van der Waals surface area contributed by atoms with Gasteiger partial charge in [0.1, 0.15) is 11.5 Å². The van der Waals surface area contributed by atoms with E-state index in [1.165, 1.54) is 12.3 Å². The molecule has 9 heteroatoms. The van der Waals surface area contributed by atoms with Crippen LogP contribution in [0.3, 0.4) is 0 Å². The maximum absolute atomic E-state index is 14.9. The third-order valence-corrected chi connectivity index (χ3v) is 6.17. The lowest BCUT2D eigenvalue weighted by molar-refractivity contribution is 0.0958. The number of carbonyl (C=O) groups is 1. The predicted molar refractivity (Wildman–Crippen MR) is 124 cm³/mol. The summed E-state index contributed by atoms with van der Waals surface area (Å²) < 4.78 is 20.3. The Kier molecular flexibility index (Phi) is 5.33. The molecule has 0 radical (unpaired) electrons. The molecule has 3 aromatic heterocycles. The van der Waals surface area contributed by atoms with Crippen molar-refractivity contribution in [3.8, 4) is 0 Å². The molecule has 4 aromatic rings. The summed E-state index contributed by atoms with van der Waals surface area (Å²) in [5.41, 5.74) is 3.45. The number of rotatable bonds is 4. The first-order valence-electron chi connectivity index (χ1n) is 10.8. The minimum Gasteiger partial charge on any atom is -0.463 e. The Bertz CT molecular complexity index is 1420. The van der Waals surface area contributed by atoms with Crippen molar-refractivity contribution < 1.29 is 13.6 Å². The van der Waals surface area contributed by atoms with Crippen LogP contribution in [0.2, 0.25) is 0 Å².